The fourth-order valence-corrected chi connectivity index (χ4v) is 1.97. The van der Waals surface area contributed by atoms with Crippen LogP contribution in [-0.4, -0.2) is 10.7 Å². The van der Waals surface area contributed by atoms with E-state index in [2.05, 4.69) is 32.0 Å². The van der Waals surface area contributed by atoms with E-state index in [9.17, 15) is 5.11 Å². The van der Waals surface area contributed by atoms with Crippen molar-refractivity contribution in [2.75, 3.05) is 0 Å². The molecule has 0 unspecified atom stereocenters. The van der Waals surface area contributed by atoms with Crippen molar-refractivity contribution in [3.63, 3.8) is 0 Å². The minimum absolute atomic E-state index is 0.361. The molecule has 1 aliphatic carbocycles. The lowest BCUT2D eigenvalue weighted by atomic mass is 9.99. The quantitative estimate of drug-likeness (QED) is 0.776. The van der Waals surface area contributed by atoms with E-state index in [1.54, 1.807) is 0 Å². The summed E-state index contributed by atoms with van der Waals surface area (Å²) < 4.78 is 0. The standard InChI is InChI=1S/C13H18O/c1-3-12-5-4-11(8-10(12)2)9-13(14)6-7-13/h4-5,8,14H,3,6-7,9H2,1-2H3. The van der Waals surface area contributed by atoms with Gasteiger partial charge in [-0.3, -0.25) is 0 Å². The van der Waals surface area contributed by atoms with E-state index in [0.717, 1.165) is 25.7 Å². The lowest BCUT2D eigenvalue weighted by Crippen LogP contribution is -2.10. The number of aliphatic hydroxyl groups is 1. The first kappa shape index (κ1) is 9.72. The molecule has 76 valence electrons. The molecule has 1 N–H and O–H groups in total. The van der Waals surface area contributed by atoms with Crippen molar-refractivity contribution in [1.29, 1.82) is 0 Å². The van der Waals surface area contributed by atoms with Crippen LogP contribution in [0.3, 0.4) is 0 Å². The largest absolute Gasteiger partial charge is 0.390 e. The fraction of sp³-hybridized carbons (Fsp3) is 0.538. The van der Waals surface area contributed by atoms with Crippen LogP contribution in [-0.2, 0) is 12.8 Å². The highest BCUT2D eigenvalue weighted by molar-refractivity contribution is 5.32. The summed E-state index contributed by atoms with van der Waals surface area (Å²) in [5.74, 6) is 0. The number of rotatable bonds is 3. The van der Waals surface area contributed by atoms with E-state index >= 15 is 0 Å². The van der Waals surface area contributed by atoms with Crippen molar-refractivity contribution in [3.8, 4) is 0 Å². The second-order valence-electron chi connectivity index (χ2n) is 4.52. The zero-order valence-corrected chi connectivity index (χ0v) is 9.01. The molecule has 2 rings (SSSR count). The molecule has 0 bridgehead atoms. The van der Waals surface area contributed by atoms with Gasteiger partial charge in [0, 0.05) is 6.42 Å². The van der Waals surface area contributed by atoms with Crippen LogP contribution in [0.15, 0.2) is 18.2 Å². The summed E-state index contributed by atoms with van der Waals surface area (Å²) in [7, 11) is 0. The van der Waals surface area contributed by atoms with Gasteiger partial charge in [0.1, 0.15) is 0 Å². The van der Waals surface area contributed by atoms with Gasteiger partial charge >= 0.3 is 0 Å². The highest BCUT2D eigenvalue weighted by Gasteiger charge is 2.39. The third-order valence-electron chi connectivity index (χ3n) is 3.15. The first-order valence-corrected chi connectivity index (χ1v) is 5.44. The van der Waals surface area contributed by atoms with Crippen LogP contribution in [0.2, 0.25) is 0 Å². The Balaban J connectivity index is 2.15. The topological polar surface area (TPSA) is 20.2 Å². The van der Waals surface area contributed by atoms with Crippen LogP contribution in [0.4, 0.5) is 0 Å². The molecule has 1 aromatic carbocycles. The summed E-state index contributed by atoms with van der Waals surface area (Å²) >= 11 is 0. The first-order chi connectivity index (χ1) is 6.63. The Morgan fingerprint density at radius 1 is 1.36 bits per heavy atom. The molecule has 0 atom stereocenters. The Morgan fingerprint density at radius 2 is 2.07 bits per heavy atom. The lowest BCUT2D eigenvalue weighted by molar-refractivity contribution is 0.151. The molecule has 0 amide bonds. The zero-order chi connectivity index (χ0) is 10.2. The summed E-state index contributed by atoms with van der Waals surface area (Å²) in [4.78, 5) is 0. The molecule has 1 nitrogen and oxygen atoms in total. The molecular weight excluding hydrogens is 172 g/mol. The Hall–Kier alpha value is -0.820. The van der Waals surface area contributed by atoms with Gasteiger partial charge in [0.25, 0.3) is 0 Å². The van der Waals surface area contributed by atoms with E-state index in [1.807, 2.05) is 0 Å². The van der Waals surface area contributed by atoms with Gasteiger partial charge in [-0.05, 0) is 42.9 Å². The van der Waals surface area contributed by atoms with Crippen molar-refractivity contribution >= 4 is 0 Å². The molecule has 1 aliphatic rings. The van der Waals surface area contributed by atoms with E-state index in [1.165, 1.54) is 16.7 Å². The fourth-order valence-electron chi connectivity index (χ4n) is 1.97. The Morgan fingerprint density at radius 3 is 2.57 bits per heavy atom. The molecule has 14 heavy (non-hydrogen) atoms. The van der Waals surface area contributed by atoms with E-state index in [-0.39, 0.29) is 5.60 Å². The second-order valence-corrected chi connectivity index (χ2v) is 4.52. The van der Waals surface area contributed by atoms with Crippen molar-refractivity contribution in [3.05, 3.63) is 34.9 Å². The van der Waals surface area contributed by atoms with Crippen molar-refractivity contribution < 1.29 is 5.11 Å². The summed E-state index contributed by atoms with van der Waals surface area (Å²) in [6.45, 7) is 4.33. The minimum Gasteiger partial charge on any atom is -0.390 e. The van der Waals surface area contributed by atoms with Gasteiger partial charge in [0.05, 0.1) is 5.60 Å². The normalized spacial score (nSPS) is 18.2. The average molecular weight is 190 g/mol. The van der Waals surface area contributed by atoms with E-state index < -0.39 is 0 Å². The van der Waals surface area contributed by atoms with Gasteiger partial charge in [0.2, 0.25) is 0 Å². The average Bonchev–Trinajstić information content (AvgIpc) is 2.84. The molecule has 0 spiro atoms. The van der Waals surface area contributed by atoms with Gasteiger partial charge < -0.3 is 5.11 Å². The zero-order valence-electron chi connectivity index (χ0n) is 9.01. The van der Waals surface area contributed by atoms with Crippen molar-refractivity contribution in [2.45, 2.75) is 45.1 Å². The van der Waals surface area contributed by atoms with Crippen LogP contribution in [0, 0.1) is 6.92 Å². The third kappa shape index (κ3) is 1.98. The maximum absolute atomic E-state index is 9.80. The molecule has 1 fully saturated rings. The highest BCUT2D eigenvalue weighted by Crippen LogP contribution is 2.38. The van der Waals surface area contributed by atoms with Gasteiger partial charge in [-0.25, -0.2) is 0 Å². The smallest absolute Gasteiger partial charge is 0.0690 e. The van der Waals surface area contributed by atoms with Crippen molar-refractivity contribution in [2.24, 2.45) is 0 Å². The van der Waals surface area contributed by atoms with Crippen LogP contribution >= 0.6 is 0 Å². The number of hydrogen-bond donors (Lipinski definition) is 1. The molecule has 0 heterocycles. The summed E-state index contributed by atoms with van der Waals surface area (Å²) in [6, 6.07) is 6.56. The predicted molar refractivity (Wildman–Crippen MR) is 58.4 cm³/mol. The first-order valence-electron chi connectivity index (χ1n) is 5.44. The number of benzene rings is 1. The van der Waals surface area contributed by atoms with Crippen LogP contribution in [0.25, 0.3) is 0 Å². The molecule has 1 saturated carbocycles. The molecule has 0 aromatic heterocycles. The van der Waals surface area contributed by atoms with Gasteiger partial charge in [-0.2, -0.15) is 0 Å². The molecule has 0 saturated heterocycles. The Bertz CT molecular complexity index is 337. The van der Waals surface area contributed by atoms with Gasteiger partial charge in [-0.15, -0.1) is 0 Å². The molecule has 1 aromatic rings. The minimum atomic E-state index is -0.361. The maximum atomic E-state index is 9.80. The molecule has 1 heteroatoms. The molecule has 0 radical (unpaired) electrons. The van der Waals surface area contributed by atoms with E-state index in [0.29, 0.717) is 0 Å². The SMILES string of the molecule is CCc1ccc(CC2(O)CC2)cc1C. The maximum Gasteiger partial charge on any atom is 0.0690 e. The molecular formula is C13H18O. The van der Waals surface area contributed by atoms with Crippen LogP contribution in [0.5, 0.6) is 0 Å². The van der Waals surface area contributed by atoms with Crippen molar-refractivity contribution in [1.82, 2.24) is 0 Å². The number of hydrogen-bond acceptors (Lipinski definition) is 1. The number of aryl methyl sites for hydroxylation is 2. The van der Waals surface area contributed by atoms with Crippen LogP contribution in [0.1, 0.15) is 36.5 Å². The third-order valence-corrected chi connectivity index (χ3v) is 3.15. The summed E-state index contributed by atoms with van der Waals surface area (Å²) in [5.41, 5.74) is 3.69. The Labute approximate surface area is 85.8 Å². The van der Waals surface area contributed by atoms with Gasteiger partial charge in [-0.1, -0.05) is 25.1 Å². The van der Waals surface area contributed by atoms with Gasteiger partial charge in [0.15, 0.2) is 0 Å². The summed E-state index contributed by atoms with van der Waals surface area (Å²) in [6.07, 6.45) is 3.87. The van der Waals surface area contributed by atoms with Crippen LogP contribution < -0.4 is 0 Å². The van der Waals surface area contributed by atoms with E-state index in [4.69, 9.17) is 0 Å². The monoisotopic (exact) mass is 190 g/mol. The lowest BCUT2D eigenvalue weighted by Gasteiger charge is -2.10. The highest BCUT2D eigenvalue weighted by atomic mass is 16.3. The molecule has 0 aliphatic heterocycles. The Kier molecular flexibility index (Phi) is 2.36. The summed E-state index contributed by atoms with van der Waals surface area (Å²) in [5, 5.41) is 9.80. The second kappa shape index (κ2) is 3.39. The predicted octanol–water partition coefficient (Wildman–Crippen LogP) is 2.62.